The minimum atomic E-state index is -0.612. The zero-order valence-corrected chi connectivity index (χ0v) is 6.81. The highest BCUT2D eigenvalue weighted by atomic mass is 16.5. The Morgan fingerprint density at radius 3 is 3.23 bits per heavy atom. The van der Waals surface area contributed by atoms with Crippen molar-refractivity contribution in [3.63, 3.8) is 0 Å². The van der Waals surface area contributed by atoms with Crippen molar-refractivity contribution in [1.82, 2.24) is 5.16 Å². The maximum Gasteiger partial charge on any atom is 0.360 e. The first-order chi connectivity index (χ1) is 6.27. The number of ether oxygens (including phenoxy) is 1. The summed E-state index contributed by atoms with van der Waals surface area (Å²) in [6, 6.07) is 1.20. The summed E-state index contributed by atoms with van der Waals surface area (Å²) >= 11 is 0. The normalized spacial score (nSPS) is 9.00. The average Bonchev–Trinajstić information content (AvgIpc) is 2.54. The van der Waals surface area contributed by atoms with Crippen LogP contribution in [0.3, 0.4) is 0 Å². The topological polar surface area (TPSA) is 81.8 Å². The van der Waals surface area contributed by atoms with E-state index >= 15 is 0 Å². The highest BCUT2D eigenvalue weighted by Crippen LogP contribution is 2.12. The molecule has 0 fully saturated rings. The van der Waals surface area contributed by atoms with Crippen molar-refractivity contribution >= 4 is 17.9 Å². The van der Waals surface area contributed by atoms with Gasteiger partial charge >= 0.3 is 5.97 Å². The van der Waals surface area contributed by atoms with Crippen molar-refractivity contribution in [3.05, 3.63) is 11.8 Å². The van der Waals surface area contributed by atoms with Crippen LogP contribution < -0.4 is 0 Å². The predicted molar refractivity (Wildman–Crippen MR) is 40.2 cm³/mol. The summed E-state index contributed by atoms with van der Waals surface area (Å²) in [6.45, 7) is 1.92. The molecule has 0 aliphatic rings. The van der Waals surface area contributed by atoms with Gasteiger partial charge in [0.15, 0.2) is 5.69 Å². The number of hydrogen-bond donors (Lipinski definition) is 0. The third-order valence-electron chi connectivity index (χ3n) is 1.14. The summed E-state index contributed by atoms with van der Waals surface area (Å²) in [5.41, 5.74) is -0.0177. The van der Waals surface area contributed by atoms with Gasteiger partial charge in [-0.05, 0) is 6.92 Å². The molecule has 0 aromatic carbocycles. The molecule has 0 bridgehead atoms. The first-order valence-corrected chi connectivity index (χ1v) is 3.49. The third kappa shape index (κ3) is 2.25. The lowest BCUT2D eigenvalue weighted by molar-refractivity contribution is 0.0514. The number of nitrogens with zero attached hydrogens (tertiary/aromatic N) is 2. The number of isocyanates is 1. The fraction of sp³-hybridized carbons (Fsp3) is 0.286. The Morgan fingerprint density at radius 1 is 1.85 bits per heavy atom. The summed E-state index contributed by atoms with van der Waals surface area (Å²) in [7, 11) is 0. The van der Waals surface area contributed by atoms with Crippen LogP contribution in [0.1, 0.15) is 17.4 Å². The van der Waals surface area contributed by atoms with Gasteiger partial charge in [0.05, 0.1) is 6.61 Å². The Balaban J connectivity index is 2.79. The monoisotopic (exact) mass is 182 g/mol. The highest BCUT2D eigenvalue weighted by Gasteiger charge is 2.12. The molecule has 6 heteroatoms. The number of hydrogen-bond acceptors (Lipinski definition) is 6. The van der Waals surface area contributed by atoms with E-state index in [0.29, 0.717) is 0 Å². The summed E-state index contributed by atoms with van der Waals surface area (Å²) in [4.78, 5) is 23.9. The third-order valence-corrected chi connectivity index (χ3v) is 1.14. The Hall–Kier alpha value is -1.94. The van der Waals surface area contributed by atoms with Crippen LogP contribution in [0.15, 0.2) is 15.6 Å². The molecule has 68 valence electrons. The summed E-state index contributed by atoms with van der Waals surface area (Å²) < 4.78 is 9.11. The van der Waals surface area contributed by atoms with Crippen LogP contribution in [0.4, 0.5) is 5.88 Å². The highest BCUT2D eigenvalue weighted by molar-refractivity contribution is 5.87. The number of aromatic nitrogens is 1. The van der Waals surface area contributed by atoms with Crippen LogP contribution in [-0.2, 0) is 9.53 Å². The van der Waals surface area contributed by atoms with Crippen molar-refractivity contribution in [2.75, 3.05) is 6.61 Å². The van der Waals surface area contributed by atoms with Crippen molar-refractivity contribution in [2.45, 2.75) is 6.92 Å². The van der Waals surface area contributed by atoms with Crippen molar-refractivity contribution in [3.8, 4) is 0 Å². The molecule has 0 aliphatic heterocycles. The van der Waals surface area contributed by atoms with E-state index in [1.807, 2.05) is 0 Å². The standard InChI is InChI=1S/C7H6N2O4/c1-2-12-7(11)5-3-6(8-4-10)13-9-5/h3H,2H2,1H3. The van der Waals surface area contributed by atoms with Gasteiger partial charge in [0.1, 0.15) is 0 Å². The molecule has 6 nitrogen and oxygen atoms in total. The first kappa shape index (κ1) is 9.15. The zero-order valence-electron chi connectivity index (χ0n) is 6.81. The summed E-state index contributed by atoms with van der Waals surface area (Å²) in [5.74, 6) is -0.684. The summed E-state index contributed by atoms with van der Waals surface area (Å²) in [6.07, 6.45) is 1.26. The fourth-order valence-corrected chi connectivity index (χ4v) is 0.665. The average molecular weight is 182 g/mol. The molecule has 1 aromatic rings. The fourth-order valence-electron chi connectivity index (χ4n) is 0.665. The van der Waals surface area contributed by atoms with E-state index in [1.54, 1.807) is 6.92 Å². The lowest BCUT2D eigenvalue weighted by Gasteiger charge is -1.93. The van der Waals surface area contributed by atoms with Crippen LogP contribution in [-0.4, -0.2) is 23.8 Å². The predicted octanol–water partition coefficient (Wildman–Crippen LogP) is 0.819. The van der Waals surface area contributed by atoms with Crippen molar-refractivity contribution in [1.29, 1.82) is 0 Å². The van der Waals surface area contributed by atoms with Gasteiger partial charge < -0.3 is 9.26 Å². The van der Waals surface area contributed by atoms with Gasteiger partial charge in [0.2, 0.25) is 6.08 Å². The maximum atomic E-state index is 11.0. The van der Waals surface area contributed by atoms with E-state index in [4.69, 9.17) is 0 Å². The van der Waals surface area contributed by atoms with Gasteiger partial charge in [0, 0.05) is 6.07 Å². The summed E-state index contributed by atoms with van der Waals surface area (Å²) in [5, 5.41) is 3.33. The van der Waals surface area contributed by atoms with Crippen LogP contribution in [0.2, 0.25) is 0 Å². The second-order valence-corrected chi connectivity index (χ2v) is 1.97. The number of carbonyl (C=O) groups is 1. The van der Waals surface area contributed by atoms with E-state index in [1.165, 1.54) is 12.1 Å². The quantitative estimate of drug-likeness (QED) is 0.392. The molecule has 0 saturated carbocycles. The second kappa shape index (κ2) is 4.18. The number of rotatable bonds is 3. The number of aliphatic imine (C=N–C) groups is 1. The molecule has 0 atom stereocenters. The molecule has 1 heterocycles. The van der Waals surface area contributed by atoms with Crippen LogP contribution in [0, 0.1) is 0 Å². The zero-order chi connectivity index (χ0) is 9.68. The van der Waals surface area contributed by atoms with Gasteiger partial charge in [-0.25, -0.2) is 9.59 Å². The Bertz CT molecular complexity index is 351. The molecule has 1 aromatic heterocycles. The van der Waals surface area contributed by atoms with Gasteiger partial charge in [-0.15, -0.1) is 4.99 Å². The van der Waals surface area contributed by atoms with Gasteiger partial charge in [-0.3, -0.25) is 0 Å². The smallest absolute Gasteiger partial charge is 0.360 e. The minimum absolute atomic E-state index is 0.0177. The van der Waals surface area contributed by atoms with Gasteiger partial charge in [-0.1, -0.05) is 5.16 Å². The van der Waals surface area contributed by atoms with Crippen LogP contribution in [0.25, 0.3) is 0 Å². The Morgan fingerprint density at radius 2 is 2.62 bits per heavy atom. The molecule has 13 heavy (non-hydrogen) atoms. The Kier molecular flexibility index (Phi) is 2.94. The molecule has 0 saturated heterocycles. The van der Waals surface area contributed by atoms with E-state index in [0.717, 1.165) is 0 Å². The lowest BCUT2D eigenvalue weighted by atomic mass is 10.4. The second-order valence-electron chi connectivity index (χ2n) is 1.97. The maximum absolute atomic E-state index is 11.0. The van der Waals surface area contributed by atoms with Crippen molar-refractivity contribution < 1.29 is 18.8 Å². The number of carbonyl (C=O) groups excluding carboxylic acids is 2. The molecule has 0 spiro atoms. The number of esters is 1. The van der Waals surface area contributed by atoms with Crippen molar-refractivity contribution in [2.24, 2.45) is 4.99 Å². The van der Waals surface area contributed by atoms with E-state index < -0.39 is 5.97 Å². The molecule has 1 rings (SSSR count). The molecule has 0 amide bonds. The van der Waals surface area contributed by atoms with Gasteiger partial charge in [0.25, 0.3) is 5.88 Å². The first-order valence-electron chi connectivity index (χ1n) is 3.49. The largest absolute Gasteiger partial charge is 0.461 e. The van der Waals surface area contributed by atoms with Gasteiger partial charge in [-0.2, -0.15) is 0 Å². The Labute approximate surface area is 73.2 Å². The van der Waals surface area contributed by atoms with Crippen LogP contribution >= 0.6 is 0 Å². The van der Waals surface area contributed by atoms with E-state index in [-0.39, 0.29) is 18.2 Å². The SMILES string of the molecule is CCOC(=O)c1cc(N=C=O)on1. The molecular weight excluding hydrogens is 176 g/mol. The van der Waals surface area contributed by atoms with E-state index in [9.17, 15) is 9.59 Å². The van der Waals surface area contributed by atoms with Crippen LogP contribution in [0.5, 0.6) is 0 Å². The molecule has 0 N–H and O–H groups in total. The van der Waals surface area contributed by atoms with E-state index in [2.05, 4.69) is 19.4 Å². The molecule has 0 aliphatic carbocycles. The molecule has 0 unspecified atom stereocenters. The lowest BCUT2D eigenvalue weighted by Crippen LogP contribution is -2.04. The molecular formula is C7H6N2O4. The molecule has 0 radical (unpaired) electrons. The minimum Gasteiger partial charge on any atom is -0.461 e.